The number of nitrogens with one attached hydrogen (secondary N) is 1. The van der Waals surface area contributed by atoms with Gasteiger partial charge in [0.05, 0.1) is 12.5 Å². The highest BCUT2D eigenvalue weighted by molar-refractivity contribution is 5.93. The molecule has 1 aliphatic heterocycles. The summed E-state index contributed by atoms with van der Waals surface area (Å²) in [4.78, 5) is 26.8. The topological polar surface area (TPSA) is 106 Å². The minimum absolute atomic E-state index is 0.198. The second-order valence-corrected chi connectivity index (χ2v) is 5.71. The number of pyridine rings is 1. The minimum atomic E-state index is -0.506. The number of ether oxygens (including phenoxy) is 1. The van der Waals surface area contributed by atoms with Crippen molar-refractivity contribution in [3.05, 3.63) is 17.8 Å². The summed E-state index contributed by atoms with van der Waals surface area (Å²) in [6.07, 6.45) is 2.04. The second kappa shape index (κ2) is 6.33. The van der Waals surface area contributed by atoms with Crippen molar-refractivity contribution in [2.24, 2.45) is 0 Å². The highest BCUT2D eigenvalue weighted by atomic mass is 16.5. The van der Waals surface area contributed by atoms with Gasteiger partial charge in [-0.3, -0.25) is 0 Å². The Morgan fingerprint density at radius 3 is 2.74 bits per heavy atom. The second-order valence-electron chi connectivity index (χ2n) is 5.71. The standard InChI is InChI=1S/C15H20N6O2/c1-21-7-5-9(6-8-21)17-15-19-12(16)10-3-4-11(14(22)23-2)18-13(10)20-15/h3-4,9H,5-8H2,1-2H3,(H3,16,17,18,19,20). The Labute approximate surface area is 134 Å². The fourth-order valence-electron chi connectivity index (χ4n) is 2.65. The van der Waals surface area contributed by atoms with Gasteiger partial charge in [0.1, 0.15) is 5.82 Å². The van der Waals surface area contributed by atoms with Crippen molar-refractivity contribution in [1.29, 1.82) is 0 Å². The summed E-state index contributed by atoms with van der Waals surface area (Å²) in [6, 6.07) is 3.55. The lowest BCUT2D eigenvalue weighted by molar-refractivity contribution is 0.0594. The lowest BCUT2D eigenvalue weighted by atomic mass is 10.1. The van der Waals surface area contributed by atoms with Crippen molar-refractivity contribution in [2.45, 2.75) is 18.9 Å². The number of methoxy groups -OCH3 is 1. The van der Waals surface area contributed by atoms with Crippen LogP contribution in [0.4, 0.5) is 11.8 Å². The van der Waals surface area contributed by atoms with Crippen LogP contribution in [-0.4, -0.2) is 59.1 Å². The predicted molar refractivity (Wildman–Crippen MR) is 87.2 cm³/mol. The molecule has 2 aromatic heterocycles. The summed E-state index contributed by atoms with van der Waals surface area (Å²) in [5, 5.41) is 3.93. The van der Waals surface area contributed by atoms with E-state index in [1.54, 1.807) is 12.1 Å². The SMILES string of the molecule is COC(=O)c1ccc2c(N)nc(NC3CCN(C)CC3)nc2n1. The summed E-state index contributed by atoms with van der Waals surface area (Å²) in [7, 11) is 3.43. The number of rotatable bonds is 3. The van der Waals surface area contributed by atoms with Gasteiger partial charge in [0, 0.05) is 6.04 Å². The number of carbonyl (C=O) groups is 1. The molecule has 23 heavy (non-hydrogen) atoms. The Balaban J connectivity index is 1.87. The van der Waals surface area contributed by atoms with E-state index in [-0.39, 0.29) is 5.69 Å². The molecule has 0 aromatic carbocycles. The zero-order valence-corrected chi connectivity index (χ0v) is 13.2. The number of nitrogens with two attached hydrogens (primary N) is 1. The van der Waals surface area contributed by atoms with E-state index in [2.05, 4.69) is 37.0 Å². The molecule has 3 heterocycles. The number of piperidine rings is 1. The first kappa shape index (κ1) is 15.4. The van der Waals surface area contributed by atoms with Crippen LogP contribution in [0.15, 0.2) is 12.1 Å². The molecule has 1 aliphatic rings. The van der Waals surface area contributed by atoms with E-state index in [4.69, 9.17) is 5.73 Å². The van der Waals surface area contributed by atoms with Gasteiger partial charge >= 0.3 is 5.97 Å². The number of fused-ring (bicyclic) bond motifs is 1. The molecule has 0 unspecified atom stereocenters. The Morgan fingerprint density at radius 2 is 2.04 bits per heavy atom. The Hall–Kier alpha value is -2.48. The van der Waals surface area contributed by atoms with Crippen molar-refractivity contribution in [1.82, 2.24) is 19.9 Å². The average molecular weight is 316 g/mol. The van der Waals surface area contributed by atoms with Crippen LogP contribution in [0.25, 0.3) is 11.0 Å². The molecule has 8 heteroatoms. The van der Waals surface area contributed by atoms with Gasteiger partial charge in [-0.1, -0.05) is 0 Å². The van der Waals surface area contributed by atoms with Crippen LogP contribution in [0.2, 0.25) is 0 Å². The maximum Gasteiger partial charge on any atom is 0.356 e. The number of nitrogens with zero attached hydrogens (tertiary/aromatic N) is 4. The van der Waals surface area contributed by atoms with E-state index in [1.165, 1.54) is 7.11 Å². The Kier molecular flexibility index (Phi) is 4.24. The summed E-state index contributed by atoms with van der Waals surface area (Å²) in [5.74, 6) is 0.280. The number of hydrogen-bond acceptors (Lipinski definition) is 8. The van der Waals surface area contributed by atoms with E-state index >= 15 is 0 Å². The molecule has 8 nitrogen and oxygen atoms in total. The molecule has 0 aliphatic carbocycles. The van der Waals surface area contributed by atoms with E-state index in [1.807, 2.05) is 0 Å². The summed E-state index contributed by atoms with van der Waals surface area (Å²) in [5.41, 5.74) is 6.57. The zero-order valence-electron chi connectivity index (χ0n) is 13.2. The summed E-state index contributed by atoms with van der Waals surface area (Å²) in [6.45, 7) is 2.07. The third-order valence-electron chi connectivity index (χ3n) is 4.04. The molecular weight excluding hydrogens is 296 g/mol. The third-order valence-corrected chi connectivity index (χ3v) is 4.04. The van der Waals surface area contributed by atoms with Gasteiger partial charge in [-0.05, 0) is 45.1 Å². The molecule has 0 atom stereocenters. The maximum atomic E-state index is 11.6. The van der Waals surface area contributed by atoms with Crippen LogP contribution in [0.5, 0.6) is 0 Å². The fraction of sp³-hybridized carbons (Fsp3) is 0.467. The molecule has 1 saturated heterocycles. The van der Waals surface area contributed by atoms with Gasteiger partial charge in [-0.25, -0.2) is 9.78 Å². The molecule has 0 saturated carbocycles. The number of nitrogen functional groups attached to an aromatic ring is 1. The van der Waals surface area contributed by atoms with Crippen LogP contribution in [0.3, 0.4) is 0 Å². The number of aromatic nitrogens is 3. The van der Waals surface area contributed by atoms with Gasteiger partial charge in [0.25, 0.3) is 0 Å². The number of likely N-dealkylation sites (tertiary alicyclic amines) is 1. The third kappa shape index (κ3) is 3.31. The van der Waals surface area contributed by atoms with Crippen LogP contribution < -0.4 is 11.1 Å². The van der Waals surface area contributed by atoms with Crippen LogP contribution in [-0.2, 0) is 4.74 Å². The molecule has 3 rings (SSSR count). The molecule has 0 amide bonds. The first-order valence-electron chi connectivity index (χ1n) is 7.54. The highest BCUT2D eigenvalue weighted by Gasteiger charge is 2.18. The molecule has 122 valence electrons. The van der Waals surface area contributed by atoms with Gasteiger partial charge in [0.2, 0.25) is 5.95 Å². The van der Waals surface area contributed by atoms with Crippen molar-refractivity contribution < 1.29 is 9.53 Å². The average Bonchev–Trinajstić information content (AvgIpc) is 2.55. The van der Waals surface area contributed by atoms with Crippen molar-refractivity contribution >= 4 is 28.8 Å². The first-order chi connectivity index (χ1) is 11.1. The predicted octanol–water partition coefficient (Wildman–Crippen LogP) is 0.900. The quantitative estimate of drug-likeness (QED) is 0.804. The molecule has 0 bridgehead atoms. The largest absolute Gasteiger partial charge is 0.464 e. The number of hydrogen-bond donors (Lipinski definition) is 2. The van der Waals surface area contributed by atoms with E-state index in [0.29, 0.717) is 28.8 Å². The molecule has 3 N–H and O–H groups in total. The highest BCUT2D eigenvalue weighted by Crippen LogP contribution is 2.20. The van der Waals surface area contributed by atoms with Crippen molar-refractivity contribution in [3.8, 4) is 0 Å². The van der Waals surface area contributed by atoms with E-state index < -0.39 is 5.97 Å². The molecule has 1 fully saturated rings. The summed E-state index contributed by atoms with van der Waals surface area (Å²) >= 11 is 0. The fourth-order valence-corrected chi connectivity index (χ4v) is 2.65. The Bertz CT molecular complexity index is 727. The number of esters is 1. The molecule has 0 spiro atoms. The van der Waals surface area contributed by atoms with E-state index in [0.717, 1.165) is 25.9 Å². The first-order valence-corrected chi connectivity index (χ1v) is 7.54. The monoisotopic (exact) mass is 316 g/mol. The summed E-state index contributed by atoms with van der Waals surface area (Å²) < 4.78 is 4.68. The normalized spacial score (nSPS) is 16.4. The van der Waals surface area contributed by atoms with Gasteiger partial charge < -0.3 is 20.7 Å². The lowest BCUT2D eigenvalue weighted by Gasteiger charge is -2.29. The van der Waals surface area contributed by atoms with Crippen molar-refractivity contribution in [2.75, 3.05) is 38.3 Å². The van der Waals surface area contributed by atoms with Gasteiger partial charge in [-0.15, -0.1) is 0 Å². The smallest absolute Gasteiger partial charge is 0.356 e. The molecule has 0 radical (unpaired) electrons. The van der Waals surface area contributed by atoms with Crippen molar-refractivity contribution in [3.63, 3.8) is 0 Å². The number of carbonyl (C=O) groups excluding carboxylic acids is 1. The van der Waals surface area contributed by atoms with Crippen LogP contribution in [0, 0.1) is 0 Å². The van der Waals surface area contributed by atoms with Crippen LogP contribution in [0.1, 0.15) is 23.3 Å². The molecule has 2 aromatic rings. The number of anilines is 2. The lowest BCUT2D eigenvalue weighted by Crippen LogP contribution is -2.37. The van der Waals surface area contributed by atoms with Gasteiger partial charge in [-0.2, -0.15) is 9.97 Å². The zero-order chi connectivity index (χ0) is 16.4. The molecular formula is C15H20N6O2. The minimum Gasteiger partial charge on any atom is -0.464 e. The van der Waals surface area contributed by atoms with Gasteiger partial charge in [0.15, 0.2) is 11.3 Å². The van der Waals surface area contributed by atoms with Crippen LogP contribution >= 0.6 is 0 Å². The van der Waals surface area contributed by atoms with E-state index in [9.17, 15) is 4.79 Å². The maximum absolute atomic E-state index is 11.6. The Morgan fingerprint density at radius 1 is 1.30 bits per heavy atom.